The molecule has 0 aliphatic carbocycles. The van der Waals surface area contributed by atoms with E-state index < -0.39 is 23.5 Å². The van der Waals surface area contributed by atoms with E-state index in [0.29, 0.717) is 0 Å². The van der Waals surface area contributed by atoms with Gasteiger partial charge < -0.3 is 9.72 Å². The van der Waals surface area contributed by atoms with Crippen LogP contribution in [0, 0.1) is 13.8 Å². The molecular formula is C16H14F3NO3. The minimum Gasteiger partial charge on any atom is -0.456 e. The van der Waals surface area contributed by atoms with Gasteiger partial charge in [0.2, 0.25) is 0 Å². The van der Waals surface area contributed by atoms with Crippen LogP contribution in [0.2, 0.25) is 0 Å². The van der Waals surface area contributed by atoms with Crippen molar-refractivity contribution in [3.8, 4) is 0 Å². The standard InChI is InChI=1S/C16H14F3NO3/c1-9-12(14(21)16(17,18)19)10(2)20-13(9)15(22)23-8-11-6-4-3-5-7-11/h3-7,20H,8H2,1-2H3. The predicted octanol–water partition coefficient (Wildman–Crippen LogP) is 3.73. The second-order valence-electron chi connectivity index (χ2n) is 5.01. The lowest BCUT2D eigenvalue weighted by molar-refractivity contribution is -0.0886. The van der Waals surface area contributed by atoms with Crippen LogP contribution in [0.4, 0.5) is 13.2 Å². The van der Waals surface area contributed by atoms with Crippen molar-refractivity contribution in [2.24, 2.45) is 0 Å². The van der Waals surface area contributed by atoms with Crippen molar-refractivity contribution in [3.63, 3.8) is 0 Å². The molecule has 1 aromatic carbocycles. The number of ether oxygens (including phenoxy) is 1. The maximum Gasteiger partial charge on any atom is 0.454 e. The molecule has 7 heteroatoms. The van der Waals surface area contributed by atoms with E-state index in [4.69, 9.17) is 4.74 Å². The van der Waals surface area contributed by atoms with Crippen LogP contribution in [0.1, 0.15) is 37.7 Å². The molecule has 0 aliphatic heterocycles. The summed E-state index contributed by atoms with van der Waals surface area (Å²) in [5.74, 6) is -2.79. The van der Waals surface area contributed by atoms with Crippen molar-refractivity contribution >= 4 is 11.8 Å². The Balaban J connectivity index is 2.21. The smallest absolute Gasteiger partial charge is 0.454 e. The summed E-state index contributed by atoms with van der Waals surface area (Å²) in [5.41, 5.74) is -0.0251. The molecule has 0 radical (unpaired) electrons. The highest BCUT2D eigenvalue weighted by Gasteiger charge is 2.42. The van der Waals surface area contributed by atoms with E-state index in [-0.39, 0.29) is 23.6 Å². The number of ketones is 1. The molecule has 0 amide bonds. The van der Waals surface area contributed by atoms with E-state index >= 15 is 0 Å². The molecule has 2 rings (SSSR count). The zero-order chi connectivity index (χ0) is 17.2. The fourth-order valence-electron chi connectivity index (χ4n) is 2.23. The van der Waals surface area contributed by atoms with Crippen molar-refractivity contribution in [3.05, 3.63) is 58.4 Å². The van der Waals surface area contributed by atoms with Gasteiger partial charge in [0.15, 0.2) is 0 Å². The second kappa shape index (κ2) is 6.28. The largest absolute Gasteiger partial charge is 0.456 e. The number of aryl methyl sites for hydroxylation is 1. The summed E-state index contributed by atoms with van der Waals surface area (Å²) in [6.45, 7) is 2.57. The quantitative estimate of drug-likeness (QED) is 0.688. The number of alkyl halides is 3. The third kappa shape index (κ3) is 3.61. The number of hydrogen-bond acceptors (Lipinski definition) is 3. The van der Waals surface area contributed by atoms with E-state index in [1.807, 2.05) is 0 Å². The highest BCUT2D eigenvalue weighted by Crippen LogP contribution is 2.27. The minimum atomic E-state index is -5.00. The zero-order valence-electron chi connectivity index (χ0n) is 12.5. The average Bonchev–Trinajstić information content (AvgIpc) is 2.79. The average molecular weight is 325 g/mol. The van der Waals surface area contributed by atoms with Gasteiger partial charge in [0.05, 0.1) is 5.56 Å². The van der Waals surface area contributed by atoms with Crippen LogP contribution in [-0.2, 0) is 11.3 Å². The fourth-order valence-corrected chi connectivity index (χ4v) is 2.23. The van der Waals surface area contributed by atoms with E-state index in [9.17, 15) is 22.8 Å². The summed E-state index contributed by atoms with van der Waals surface area (Å²) < 4.78 is 42.9. The first kappa shape index (κ1) is 16.8. The number of hydrogen-bond donors (Lipinski definition) is 1. The Labute approximate surface area is 130 Å². The molecule has 0 unspecified atom stereocenters. The Morgan fingerprint density at radius 1 is 1.13 bits per heavy atom. The molecule has 0 fully saturated rings. The number of benzene rings is 1. The SMILES string of the molecule is Cc1[nH]c(C(=O)OCc2ccccc2)c(C)c1C(=O)C(F)(F)F. The lowest BCUT2D eigenvalue weighted by Gasteiger charge is -2.06. The predicted molar refractivity (Wildman–Crippen MR) is 76.2 cm³/mol. The first-order chi connectivity index (χ1) is 10.7. The number of aromatic nitrogens is 1. The Hall–Kier alpha value is -2.57. The second-order valence-corrected chi connectivity index (χ2v) is 5.01. The van der Waals surface area contributed by atoms with Gasteiger partial charge in [-0.2, -0.15) is 13.2 Å². The van der Waals surface area contributed by atoms with Crippen LogP contribution in [0.3, 0.4) is 0 Å². The summed E-state index contributed by atoms with van der Waals surface area (Å²) in [5, 5.41) is 0. The molecule has 0 atom stereocenters. The van der Waals surface area contributed by atoms with E-state index in [0.717, 1.165) is 5.56 Å². The van der Waals surface area contributed by atoms with Gasteiger partial charge in [0.1, 0.15) is 12.3 Å². The molecule has 4 nitrogen and oxygen atoms in total. The number of esters is 1. The van der Waals surface area contributed by atoms with Crippen molar-refractivity contribution in [1.29, 1.82) is 0 Å². The van der Waals surface area contributed by atoms with Gasteiger partial charge in [-0.15, -0.1) is 0 Å². The maximum atomic E-state index is 12.6. The summed E-state index contributed by atoms with van der Waals surface area (Å²) in [4.78, 5) is 26.0. The molecule has 122 valence electrons. The van der Waals surface area contributed by atoms with Gasteiger partial charge in [0, 0.05) is 5.69 Å². The van der Waals surface area contributed by atoms with Crippen LogP contribution >= 0.6 is 0 Å². The Kier molecular flexibility index (Phi) is 4.58. The number of rotatable bonds is 4. The summed E-state index contributed by atoms with van der Waals surface area (Å²) >= 11 is 0. The van der Waals surface area contributed by atoms with Crippen molar-refractivity contribution in [2.75, 3.05) is 0 Å². The minimum absolute atomic E-state index is 0.0142. The molecule has 1 N–H and O–H groups in total. The third-order valence-corrected chi connectivity index (χ3v) is 3.34. The third-order valence-electron chi connectivity index (χ3n) is 3.34. The first-order valence-electron chi connectivity index (χ1n) is 6.73. The van der Waals surface area contributed by atoms with Crippen molar-refractivity contribution < 1.29 is 27.5 Å². The summed E-state index contributed by atoms with van der Waals surface area (Å²) in [7, 11) is 0. The molecule has 1 aromatic heterocycles. The highest BCUT2D eigenvalue weighted by atomic mass is 19.4. The van der Waals surface area contributed by atoms with Gasteiger partial charge in [0.25, 0.3) is 5.78 Å². The molecule has 0 saturated carbocycles. The van der Waals surface area contributed by atoms with Crippen LogP contribution in [0.15, 0.2) is 30.3 Å². The number of halogens is 3. The van der Waals surface area contributed by atoms with Gasteiger partial charge >= 0.3 is 12.1 Å². The lowest BCUT2D eigenvalue weighted by atomic mass is 10.1. The monoisotopic (exact) mass is 325 g/mol. The number of H-pyrrole nitrogens is 1. The number of aromatic amines is 1. The van der Waals surface area contributed by atoms with Crippen molar-refractivity contribution in [2.45, 2.75) is 26.6 Å². The Bertz CT molecular complexity index is 733. The molecular weight excluding hydrogens is 311 g/mol. The molecule has 1 heterocycles. The Morgan fingerprint density at radius 3 is 2.30 bits per heavy atom. The molecule has 0 bridgehead atoms. The van der Waals surface area contributed by atoms with Crippen LogP contribution in [0.5, 0.6) is 0 Å². The fraction of sp³-hybridized carbons (Fsp3) is 0.250. The molecule has 0 aliphatic rings. The van der Waals surface area contributed by atoms with E-state index in [1.54, 1.807) is 30.3 Å². The topological polar surface area (TPSA) is 59.2 Å². The Morgan fingerprint density at radius 2 is 1.74 bits per heavy atom. The van der Waals surface area contributed by atoms with E-state index in [2.05, 4.69) is 4.98 Å². The van der Waals surface area contributed by atoms with Gasteiger partial charge in [-0.3, -0.25) is 4.79 Å². The van der Waals surface area contributed by atoms with E-state index in [1.165, 1.54) is 13.8 Å². The summed E-state index contributed by atoms with van der Waals surface area (Å²) in [6, 6.07) is 8.84. The normalized spacial score (nSPS) is 11.3. The van der Waals surface area contributed by atoms with Crippen LogP contribution in [0.25, 0.3) is 0 Å². The van der Waals surface area contributed by atoms with Gasteiger partial charge in [-0.1, -0.05) is 30.3 Å². The molecule has 2 aromatic rings. The van der Waals surface area contributed by atoms with Gasteiger partial charge in [-0.05, 0) is 25.0 Å². The molecule has 23 heavy (non-hydrogen) atoms. The summed E-state index contributed by atoms with van der Waals surface area (Å²) in [6.07, 6.45) is -5.00. The number of carbonyl (C=O) groups excluding carboxylic acids is 2. The number of Topliss-reactive ketones (excluding diaryl/α,β-unsaturated/α-hetero) is 1. The maximum absolute atomic E-state index is 12.6. The number of carbonyl (C=O) groups is 2. The van der Waals surface area contributed by atoms with Crippen LogP contribution in [-0.4, -0.2) is 22.9 Å². The molecule has 0 saturated heterocycles. The molecule has 0 spiro atoms. The lowest BCUT2D eigenvalue weighted by Crippen LogP contribution is -2.24. The number of nitrogens with one attached hydrogen (secondary N) is 1. The van der Waals surface area contributed by atoms with Gasteiger partial charge in [-0.25, -0.2) is 4.79 Å². The van der Waals surface area contributed by atoms with Crippen molar-refractivity contribution in [1.82, 2.24) is 4.98 Å². The zero-order valence-corrected chi connectivity index (χ0v) is 12.5. The highest BCUT2D eigenvalue weighted by molar-refractivity contribution is 6.05. The first-order valence-corrected chi connectivity index (χ1v) is 6.73. The van der Waals surface area contributed by atoms with Crippen LogP contribution < -0.4 is 0 Å².